The molecule has 3 nitrogen and oxygen atoms in total. The van der Waals surface area contributed by atoms with Crippen molar-refractivity contribution in [2.24, 2.45) is 11.7 Å². The minimum Gasteiger partial charge on any atom is -0.371 e. The van der Waals surface area contributed by atoms with E-state index in [0.29, 0.717) is 24.4 Å². The Labute approximate surface area is 114 Å². The topological polar surface area (TPSA) is 55.1 Å². The fourth-order valence-electron chi connectivity index (χ4n) is 2.17. The number of primary amides is 1. The van der Waals surface area contributed by atoms with Crippen LogP contribution in [0.3, 0.4) is 0 Å². The van der Waals surface area contributed by atoms with Crippen molar-refractivity contribution in [2.45, 2.75) is 45.6 Å². The van der Waals surface area contributed by atoms with Gasteiger partial charge in [0, 0.05) is 5.69 Å². The first-order chi connectivity index (χ1) is 8.93. The number of amides is 1. The van der Waals surface area contributed by atoms with E-state index in [-0.39, 0.29) is 11.7 Å². The molecule has 0 aromatic heterocycles. The third-order valence-corrected chi connectivity index (χ3v) is 3.70. The van der Waals surface area contributed by atoms with E-state index >= 15 is 0 Å². The predicted octanol–water partition coefficient (Wildman–Crippen LogP) is 3.31. The van der Waals surface area contributed by atoms with Gasteiger partial charge >= 0.3 is 0 Å². The maximum atomic E-state index is 12.9. The van der Waals surface area contributed by atoms with Crippen molar-refractivity contribution in [2.75, 3.05) is 5.32 Å². The molecule has 19 heavy (non-hydrogen) atoms. The second-order valence-electron chi connectivity index (χ2n) is 5.15. The first-order valence-corrected chi connectivity index (χ1v) is 6.77. The van der Waals surface area contributed by atoms with Crippen LogP contribution in [0.2, 0.25) is 0 Å². The molecule has 0 bridgehead atoms. The van der Waals surface area contributed by atoms with Crippen LogP contribution in [0.4, 0.5) is 10.1 Å². The van der Waals surface area contributed by atoms with Crippen molar-refractivity contribution in [1.29, 1.82) is 0 Å². The zero-order chi connectivity index (χ0) is 14.5. The molecule has 0 aliphatic heterocycles. The van der Waals surface area contributed by atoms with Gasteiger partial charge in [-0.05, 0) is 43.0 Å². The molecule has 0 fully saturated rings. The summed E-state index contributed by atoms with van der Waals surface area (Å²) < 4.78 is 12.9. The molecule has 2 atom stereocenters. The summed E-state index contributed by atoms with van der Waals surface area (Å²) in [5, 5.41) is 3.19. The fraction of sp³-hybridized carbons (Fsp3) is 0.533. The number of carbonyl (C=O) groups excluding carboxylic acids is 1. The Morgan fingerprint density at radius 3 is 2.37 bits per heavy atom. The van der Waals surface area contributed by atoms with Crippen LogP contribution in [0.15, 0.2) is 24.3 Å². The van der Waals surface area contributed by atoms with Gasteiger partial charge in [-0.2, -0.15) is 0 Å². The third-order valence-electron chi connectivity index (χ3n) is 3.70. The first-order valence-electron chi connectivity index (χ1n) is 6.77. The molecular weight excluding hydrogens is 243 g/mol. The van der Waals surface area contributed by atoms with Crippen LogP contribution < -0.4 is 11.1 Å². The number of hydrogen-bond acceptors (Lipinski definition) is 2. The lowest BCUT2D eigenvalue weighted by Gasteiger charge is -2.34. The molecule has 0 spiro atoms. The number of hydrogen-bond donors (Lipinski definition) is 2. The summed E-state index contributed by atoms with van der Waals surface area (Å²) in [6.45, 7) is 6.12. The second-order valence-corrected chi connectivity index (χ2v) is 5.15. The van der Waals surface area contributed by atoms with Gasteiger partial charge in [-0.3, -0.25) is 4.79 Å². The molecule has 0 radical (unpaired) electrons. The summed E-state index contributed by atoms with van der Waals surface area (Å²) in [6.07, 6.45) is 2.26. The van der Waals surface area contributed by atoms with Crippen molar-refractivity contribution >= 4 is 11.6 Å². The molecule has 106 valence electrons. The van der Waals surface area contributed by atoms with Gasteiger partial charge in [0.15, 0.2) is 0 Å². The first kappa shape index (κ1) is 15.5. The predicted molar refractivity (Wildman–Crippen MR) is 76.3 cm³/mol. The van der Waals surface area contributed by atoms with E-state index in [2.05, 4.69) is 19.2 Å². The Hall–Kier alpha value is -1.58. The summed E-state index contributed by atoms with van der Waals surface area (Å²) in [7, 11) is 0. The van der Waals surface area contributed by atoms with Crippen LogP contribution in [-0.4, -0.2) is 11.4 Å². The molecule has 1 aromatic rings. The van der Waals surface area contributed by atoms with E-state index < -0.39 is 5.54 Å². The highest BCUT2D eigenvalue weighted by atomic mass is 19.1. The number of anilines is 1. The zero-order valence-corrected chi connectivity index (χ0v) is 11.9. The standard InChI is InChI=1S/C15H23FN2O/c1-4-11(3)10-15(5-2,14(17)19)18-13-8-6-12(16)7-9-13/h6-9,11,18H,4-5,10H2,1-3H3,(H2,17,19). The highest BCUT2D eigenvalue weighted by molar-refractivity contribution is 5.88. The lowest BCUT2D eigenvalue weighted by molar-refractivity contribution is -0.123. The van der Waals surface area contributed by atoms with Gasteiger partial charge in [0.2, 0.25) is 5.91 Å². The molecule has 0 aliphatic carbocycles. The molecule has 3 N–H and O–H groups in total. The van der Waals surface area contributed by atoms with Crippen molar-refractivity contribution in [3.05, 3.63) is 30.1 Å². The molecular formula is C15H23FN2O. The molecule has 2 unspecified atom stereocenters. The molecule has 0 saturated heterocycles. The van der Waals surface area contributed by atoms with E-state index in [1.54, 1.807) is 12.1 Å². The number of nitrogens with two attached hydrogens (primary N) is 1. The van der Waals surface area contributed by atoms with Crippen molar-refractivity contribution in [1.82, 2.24) is 0 Å². The Kier molecular flexibility index (Phi) is 5.33. The third kappa shape index (κ3) is 3.94. The Morgan fingerprint density at radius 2 is 1.95 bits per heavy atom. The minimum atomic E-state index is -0.771. The molecule has 4 heteroatoms. The highest BCUT2D eigenvalue weighted by Crippen LogP contribution is 2.27. The summed E-state index contributed by atoms with van der Waals surface area (Å²) in [4.78, 5) is 11.9. The van der Waals surface area contributed by atoms with E-state index in [1.807, 2.05) is 6.92 Å². The van der Waals surface area contributed by atoms with Crippen LogP contribution >= 0.6 is 0 Å². The Balaban J connectivity index is 2.96. The van der Waals surface area contributed by atoms with Crippen LogP contribution in [0.5, 0.6) is 0 Å². The lowest BCUT2D eigenvalue weighted by Crippen LogP contribution is -2.51. The summed E-state index contributed by atoms with van der Waals surface area (Å²) in [6, 6.07) is 5.98. The molecule has 0 saturated carbocycles. The van der Waals surface area contributed by atoms with E-state index in [4.69, 9.17) is 5.73 Å². The van der Waals surface area contributed by atoms with Gasteiger partial charge in [-0.15, -0.1) is 0 Å². The normalized spacial score (nSPS) is 15.6. The number of benzene rings is 1. The molecule has 1 rings (SSSR count). The number of nitrogens with one attached hydrogen (secondary N) is 1. The Morgan fingerprint density at radius 1 is 1.37 bits per heavy atom. The average Bonchev–Trinajstić information content (AvgIpc) is 2.40. The highest BCUT2D eigenvalue weighted by Gasteiger charge is 2.35. The van der Waals surface area contributed by atoms with Gasteiger partial charge in [-0.1, -0.05) is 27.2 Å². The molecule has 1 amide bonds. The number of carbonyl (C=O) groups is 1. The molecule has 1 aromatic carbocycles. The average molecular weight is 266 g/mol. The maximum absolute atomic E-state index is 12.9. The van der Waals surface area contributed by atoms with Crippen LogP contribution in [0.1, 0.15) is 40.0 Å². The van der Waals surface area contributed by atoms with Crippen LogP contribution in [0, 0.1) is 11.7 Å². The number of rotatable bonds is 7. The summed E-state index contributed by atoms with van der Waals surface area (Å²) in [5.74, 6) is -0.270. The SMILES string of the molecule is CCC(C)CC(CC)(Nc1ccc(F)cc1)C(N)=O. The molecule has 0 aliphatic rings. The van der Waals surface area contributed by atoms with E-state index in [1.165, 1.54) is 12.1 Å². The van der Waals surface area contributed by atoms with Gasteiger partial charge in [0.05, 0.1) is 0 Å². The second kappa shape index (κ2) is 6.55. The zero-order valence-electron chi connectivity index (χ0n) is 11.9. The molecule has 0 heterocycles. The number of halogens is 1. The van der Waals surface area contributed by atoms with Gasteiger partial charge < -0.3 is 11.1 Å². The maximum Gasteiger partial charge on any atom is 0.243 e. The van der Waals surface area contributed by atoms with E-state index in [9.17, 15) is 9.18 Å². The van der Waals surface area contributed by atoms with Crippen molar-refractivity contribution < 1.29 is 9.18 Å². The van der Waals surface area contributed by atoms with E-state index in [0.717, 1.165) is 6.42 Å². The van der Waals surface area contributed by atoms with Gasteiger partial charge in [0.1, 0.15) is 11.4 Å². The smallest absolute Gasteiger partial charge is 0.243 e. The van der Waals surface area contributed by atoms with Crippen LogP contribution in [-0.2, 0) is 4.79 Å². The van der Waals surface area contributed by atoms with Crippen LogP contribution in [0.25, 0.3) is 0 Å². The monoisotopic (exact) mass is 266 g/mol. The Bertz CT molecular complexity index is 419. The van der Waals surface area contributed by atoms with Gasteiger partial charge in [-0.25, -0.2) is 4.39 Å². The lowest BCUT2D eigenvalue weighted by atomic mass is 9.83. The quantitative estimate of drug-likeness (QED) is 0.795. The summed E-state index contributed by atoms with van der Waals surface area (Å²) in [5.41, 5.74) is 5.53. The van der Waals surface area contributed by atoms with Crippen molar-refractivity contribution in [3.8, 4) is 0 Å². The largest absolute Gasteiger partial charge is 0.371 e. The minimum absolute atomic E-state index is 0.298. The van der Waals surface area contributed by atoms with Gasteiger partial charge in [0.25, 0.3) is 0 Å². The fourth-order valence-corrected chi connectivity index (χ4v) is 2.17. The van der Waals surface area contributed by atoms with Crippen molar-refractivity contribution in [3.63, 3.8) is 0 Å². The summed E-state index contributed by atoms with van der Waals surface area (Å²) >= 11 is 0.